The lowest BCUT2D eigenvalue weighted by atomic mass is 10.0. The predicted molar refractivity (Wildman–Crippen MR) is 86.3 cm³/mol. The maximum absolute atomic E-state index is 6.50. The van der Waals surface area contributed by atoms with Crippen LogP contribution in [0.5, 0.6) is 0 Å². The third-order valence-electron chi connectivity index (χ3n) is 4.69. The van der Waals surface area contributed by atoms with Gasteiger partial charge in [-0.15, -0.1) is 0 Å². The van der Waals surface area contributed by atoms with E-state index in [2.05, 4.69) is 53.7 Å². The molecule has 0 bridgehead atoms. The number of fused-ring (bicyclic) bond motifs is 1. The molecule has 2 aromatic rings. The maximum atomic E-state index is 6.50. The van der Waals surface area contributed by atoms with Crippen LogP contribution in [-0.2, 0) is 13.5 Å². The Morgan fingerprint density at radius 2 is 2.00 bits per heavy atom. The summed E-state index contributed by atoms with van der Waals surface area (Å²) in [5.74, 6) is 1.07. The standard InChI is InChI=1S/C16H25N5/c1-19-8-9-20(2)15(11-19)12(17)10-16-18-13-6-4-5-7-14(13)21(16)3/h4-7,12,15H,8-11,17H2,1-3H3. The minimum Gasteiger partial charge on any atom is -0.331 e. The summed E-state index contributed by atoms with van der Waals surface area (Å²) < 4.78 is 2.17. The van der Waals surface area contributed by atoms with E-state index in [1.165, 1.54) is 5.52 Å². The molecule has 5 heteroatoms. The quantitative estimate of drug-likeness (QED) is 0.902. The number of hydrogen-bond acceptors (Lipinski definition) is 4. The first-order chi connectivity index (χ1) is 10.1. The Morgan fingerprint density at radius 1 is 1.24 bits per heavy atom. The average molecular weight is 287 g/mol. The number of aromatic nitrogens is 2. The van der Waals surface area contributed by atoms with E-state index in [0.717, 1.165) is 37.4 Å². The molecule has 0 saturated carbocycles. The Morgan fingerprint density at radius 3 is 2.76 bits per heavy atom. The van der Waals surface area contributed by atoms with E-state index in [4.69, 9.17) is 10.7 Å². The van der Waals surface area contributed by atoms with Gasteiger partial charge < -0.3 is 15.2 Å². The van der Waals surface area contributed by atoms with Gasteiger partial charge in [0.1, 0.15) is 5.82 Å². The first-order valence-corrected chi connectivity index (χ1v) is 7.61. The first-order valence-electron chi connectivity index (χ1n) is 7.61. The van der Waals surface area contributed by atoms with Gasteiger partial charge in [0.2, 0.25) is 0 Å². The number of imidazole rings is 1. The second-order valence-corrected chi connectivity index (χ2v) is 6.25. The molecule has 0 amide bonds. The topological polar surface area (TPSA) is 50.3 Å². The van der Waals surface area contributed by atoms with Gasteiger partial charge in [-0.05, 0) is 26.2 Å². The number of hydrogen-bond donors (Lipinski definition) is 1. The monoisotopic (exact) mass is 287 g/mol. The molecular formula is C16H25N5. The molecule has 1 saturated heterocycles. The van der Waals surface area contributed by atoms with Gasteiger partial charge in [-0.2, -0.15) is 0 Å². The van der Waals surface area contributed by atoms with E-state index >= 15 is 0 Å². The van der Waals surface area contributed by atoms with Crippen molar-refractivity contribution in [1.29, 1.82) is 0 Å². The van der Waals surface area contributed by atoms with Crippen LogP contribution in [0.4, 0.5) is 0 Å². The van der Waals surface area contributed by atoms with Crippen molar-refractivity contribution in [3.8, 4) is 0 Å². The summed E-state index contributed by atoms with van der Waals surface area (Å²) in [5.41, 5.74) is 8.73. The van der Waals surface area contributed by atoms with E-state index in [-0.39, 0.29) is 6.04 Å². The highest BCUT2D eigenvalue weighted by Crippen LogP contribution is 2.17. The second-order valence-electron chi connectivity index (χ2n) is 6.25. The van der Waals surface area contributed by atoms with Gasteiger partial charge >= 0.3 is 0 Å². The number of nitrogens with zero attached hydrogens (tertiary/aromatic N) is 4. The molecule has 2 unspecified atom stereocenters. The van der Waals surface area contributed by atoms with Crippen LogP contribution in [0.25, 0.3) is 11.0 Å². The summed E-state index contributed by atoms with van der Waals surface area (Å²) in [5, 5.41) is 0. The molecule has 1 aliphatic heterocycles. The smallest absolute Gasteiger partial charge is 0.111 e. The second kappa shape index (κ2) is 5.75. The lowest BCUT2D eigenvalue weighted by molar-refractivity contribution is 0.0968. The van der Waals surface area contributed by atoms with Gasteiger partial charge in [0.15, 0.2) is 0 Å². The molecule has 0 spiro atoms. The highest BCUT2D eigenvalue weighted by atomic mass is 15.3. The SMILES string of the molecule is CN1CCN(C)C(C(N)Cc2nc3ccccc3n2C)C1. The summed E-state index contributed by atoms with van der Waals surface area (Å²) in [6.45, 7) is 3.23. The average Bonchev–Trinajstić information content (AvgIpc) is 2.78. The molecule has 2 N–H and O–H groups in total. The van der Waals surface area contributed by atoms with Crippen molar-refractivity contribution in [3.05, 3.63) is 30.1 Å². The molecule has 2 atom stereocenters. The van der Waals surface area contributed by atoms with Gasteiger partial charge in [-0.3, -0.25) is 4.90 Å². The Kier molecular flexibility index (Phi) is 3.97. The predicted octanol–water partition coefficient (Wildman–Crippen LogP) is 0.689. The molecule has 21 heavy (non-hydrogen) atoms. The van der Waals surface area contributed by atoms with Gasteiger partial charge in [0.25, 0.3) is 0 Å². The normalized spacial score (nSPS) is 22.8. The summed E-state index contributed by atoms with van der Waals surface area (Å²) >= 11 is 0. The van der Waals surface area contributed by atoms with Crippen LogP contribution in [0.2, 0.25) is 0 Å². The Bertz CT molecular complexity index is 620. The number of rotatable bonds is 3. The molecule has 1 aliphatic rings. The third kappa shape index (κ3) is 2.81. The fraction of sp³-hybridized carbons (Fsp3) is 0.562. The first kappa shape index (κ1) is 14.5. The number of piperazine rings is 1. The fourth-order valence-electron chi connectivity index (χ4n) is 3.23. The summed E-state index contributed by atoms with van der Waals surface area (Å²) in [6, 6.07) is 8.75. The molecule has 114 valence electrons. The number of likely N-dealkylation sites (N-methyl/N-ethyl adjacent to an activating group) is 2. The van der Waals surface area contributed by atoms with Gasteiger partial charge in [0, 0.05) is 45.2 Å². The molecule has 0 aliphatic carbocycles. The van der Waals surface area contributed by atoms with Crippen molar-refractivity contribution in [3.63, 3.8) is 0 Å². The largest absolute Gasteiger partial charge is 0.331 e. The number of aryl methyl sites for hydroxylation is 1. The number of nitrogens with two attached hydrogens (primary N) is 1. The zero-order valence-corrected chi connectivity index (χ0v) is 13.2. The highest BCUT2D eigenvalue weighted by molar-refractivity contribution is 5.75. The van der Waals surface area contributed by atoms with Gasteiger partial charge in [0.05, 0.1) is 11.0 Å². The van der Waals surface area contributed by atoms with E-state index < -0.39 is 0 Å². The van der Waals surface area contributed by atoms with Crippen LogP contribution in [-0.4, -0.2) is 65.2 Å². The Labute approximate surface area is 126 Å². The minimum atomic E-state index is 0.105. The van der Waals surface area contributed by atoms with Crippen LogP contribution in [0, 0.1) is 0 Å². The van der Waals surface area contributed by atoms with Crippen molar-refractivity contribution >= 4 is 11.0 Å². The Balaban J connectivity index is 1.79. The molecule has 1 aromatic carbocycles. The molecular weight excluding hydrogens is 262 g/mol. The molecule has 5 nitrogen and oxygen atoms in total. The summed E-state index contributed by atoms with van der Waals surface area (Å²) in [6.07, 6.45) is 0.814. The molecule has 1 fully saturated rings. The van der Waals surface area contributed by atoms with Crippen LogP contribution >= 0.6 is 0 Å². The van der Waals surface area contributed by atoms with Crippen molar-refractivity contribution in [2.75, 3.05) is 33.7 Å². The van der Waals surface area contributed by atoms with E-state index in [1.54, 1.807) is 0 Å². The zero-order chi connectivity index (χ0) is 15.0. The van der Waals surface area contributed by atoms with E-state index in [0.29, 0.717) is 6.04 Å². The van der Waals surface area contributed by atoms with E-state index in [1.807, 2.05) is 6.07 Å². The van der Waals surface area contributed by atoms with Crippen LogP contribution < -0.4 is 5.73 Å². The highest BCUT2D eigenvalue weighted by Gasteiger charge is 2.28. The van der Waals surface area contributed by atoms with Crippen LogP contribution in [0.15, 0.2) is 24.3 Å². The van der Waals surface area contributed by atoms with Gasteiger partial charge in [-0.1, -0.05) is 12.1 Å². The van der Waals surface area contributed by atoms with Crippen molar-refractivity contribution in [2.45, 2.75) is 18.5 Å². The number of para-hydroxylation sites is 2. The number of benzene rings is 1. The lowest BCUT2D eigenvalue weighted by Crippen LogP contribution is -2.58. The molecule has 3 rings (SSSR count). The molecule has 2 heterocycles. The Hall–Kier alpha value is -1.43. The zero-order valence-electron chi connectivity index (χ0n) is 13.2. The van der Waals surface area contributed by atoms with Gasteiger partial charge in [-0.25, -0.2) is 4.98 Å². The fourth-order valence-corrected chi connectivity index (χ4v) is 3.23. The lowest BCUT2D eigenvalue weighted by Gasteiger charge is -2.40. The van der Waals surface area contributed by atoms with Crippen LogP contribution in [0.3, 0.4) is 0 Å². The van der Waals surface area contributed by atoms with Crippen molar-refractivity contribution in [1.82, 2.24) is 19.4 Å². The van der Waals surface area contributed by atoms with Crippen LogP contribution in [0.1, 0.15) is 5.82 Å². The minimum absolute atomic E-state index is 0.105. The van der Waals surface area contributed by atoms with E-state index in [9.17, 15) is 0 Å². The molecule has 1 aromatic heterocycles. The molecule has 0 radical (unpaired) electrons. The third-order valence-corrected chi connectivity index (χ3v) is 4.69. The van der Waals surface area contributed by atoms with Crippen molar-refractivity contribution in [2.24, 2.45) is 12.8 Å². The summed E-state index contributed by atoms with van der Waals surface area (Å²) in [7, 11) is 6.42. The summed E-state index contributed by atoms with van der Waals surface area (Å²) in [4.78, 5) is 9.48. The van der Waals surface area contributed by atoms with Crippen molar-refractivity contribution < 1.29 is 0 Å². The maximum Gasteiger partial charge on any atom is 0.111 e.